The minimum absolute atomic E-state index is 0.576. The van der Waals surface area contributed by atoms with Crippen LogP contribution in [0.5, 0.6) is 0 Å². The van der Waals surface area contributed by atoms with Gasteiger partial charge < -0.3 is 0 Å². The molecule has 0 aromatic heterocycles. The first-order chi connectivity index (χ1) is 19.7. The first-order valence-corrected chi connectivity index (χ1v) is 13.9. The maximum atomic E-state index is 6.03. The second-order valence-electron chi connectivity index (χ2n) is 6.56. The van der Waals surface area contributed by atoms with Gasteiger partial charge in [-0.15, -0.1) is 25.7 Å². The molecular formula is C37H12P2S. The third kappa shape index (κ3) is 9.87. The Kier molecular flexibility index (Phi) is 13.9. The number of terminal acetylenes is 4. The Morgan fingerprint density at radius 3 is 1.05 bits per heavy atom. The van der Waals surface area contributed by atoms with Crippen LogP contribution in [-0.2, 0) is 0 Å². The van der Waals surface area contributed by atoms with Crippen LogP contribution in [0.3, 0.4) is 0 Å². The van der Waals surface area contributed by atoms with E-state index in [1.165, 1.54) is 0 Å². The fraction of sp³-hybridized carbons (Fsp3) is 0. The molecule has 0 atom stereocenters. The average molecular weight is 551 g/mol. The maximum Gasteiger partial charge on any atom is 0.0839 e. The highest BCUT2D eigenvalue weighted by molar-refractivity contribution is 7.82. The largest absolute Gasteiger partial charge is 0.106 e. The molecule has 2 aromatic rings. The molecule has 0 aliphatic rings. The van der Waals surface area contributed by atoms with Crippen LogP contribution in [-0.4, -0.2) is 4.86 Å². The standard InChI is InChI=1S/C37H12P2S/c1-5-9-13-21-29-38(30-22-14-10-6-2)35-27-19-17-25-33(35)37(40)34-26-18-20-28-36(34)39(31-23-15-11-7-3)32-24-16-12-8-4/h1-4,17-20,25-28H. The van der Waals surface area contributed by atoms with Crippen molar-refractivity contribution in [3.8, 4) is 143 Å². The Morgan fingerprint density at radius 1 is 0.450 bits per heavy atom. The highest BCUT2D eigenvalue weighted by Crippen LogP contribution is 2.36. The quantitative estimate of drug-likeness (QED) is 0.240. The summed E-state index contributed by atoms with van der Waals surface area (Å²) in [5, 5.41) is 1.67. The van der Waals surface area contributed by atoms with E-state index in [-0.39, 0.29) is 0 Å². The van der Waals surface area contributed by atoms with Gasteiger partial charge in [0.2, 0.25) is 0 Å². The number of hydrogen-bond acceptors (Lipinski definition) is 1. The zero-order valence-electron chi connectivity index (χ0n) is 20.7. The fourth-order valence-electron chi connectivity index (χ4n) is 2.77. The van der Waals surface area contributed by atoms with Gasteiger partial charge in [-0.1, -0.05) is 60.7 Å². The summed E-state index contributed by atoms with van der Waals surface area (Å²) < 4.78 is 0. The number of benzene rings is 2. The zero-order chi connectivity index (χ0) is 28.8. The number of thiocarbonyl (C=S) groups is 1. The van der Waals surface area contributed by atoms with Gasteiger partial charge in [0.15, 0.2) is 0 Å². The molecule has 0 saturated heterocycles. The Bertz CT molecular complexity index is 1770. The van der Waals surface area contributed by atoms with Crippen LogP contribution in [0, 0.1) is 143 Å². The Morgan fingerprint density at radius 2 is 0.750 bits per heavy atom. The second-order valence-corrected chi connectivity index (χ2v) is 10.2. The van der Waals surface area contributed by atoms with Crippen molar-refractivity contribution in [3.05, 3.63) is 59.7 Å². The molecule has 0 nitrogen and oxygen atoms in total. The molecule has 0 N–H and O–H groups in total. The van der Waals surface area contributed by atoms with Gasteiger partial charge in [0.25, 0.3) is 0 Å². The van der Waals surface area contributed by atoms with E-state index < -0.39 is 15.8 Å². The summed E-state index contributed by atoms with van der Waals surface area (Å²) in [5.41, 5.74) is 14.0. The molecule has 0 spiro atoms. The fourth-order valence-corrected chi connectivity index (χ4v) is 5.86. The molecule has 40 heavy (non-hydrogen) atoms. The molecule has 0 radical (unpaired) electrons. The summed E-state index contributed by atoms with van der Waals surface area (Å²) in [6.07, 6.45) is 20.8. The van der Waals surface area contributed by atoms with Crippen molar-refractivity contribution in [2.24, 2.45) is 0 Å². The van der Waals surface area contributed by atoms with E-state index in [0.717, 1.165) is 21.7 Å². The van der Waals surface area contributed by atoms with Crippen molar-refractivity contribution in [3.63, 3.8) is 0 Å². The van der Waals surface area contributed by atoms with Gasteiger partial charge in [-0.3, -0.25) is 0 Å². The lowest BCUT2D eigenvalue weighted by Crippen LogP contribution is -2.19. The second kappa shape index (κ2) is 18.4. The molecule has 0 aliphatic heterocycles. The molecule has 0 heterocycles. The van der Waals surface area contributed by atoms with Crippen molar-refractivity contribution in [2.75, 3.05) is 0 Å². The van der Waals surface area contributed by atoms with E-state index >= 15 is 0 Å². The molecule has 0 bridgehead atoms. The van der Waals surface area contributed by atoms with Gasteiger partial charge in [-0.2, -0.15) is 0 Å². The van der Waals surface area contributed by atoms with Crippen molar-refractivity contribution in [1.29, 1.82) is 0 Å². The molecule has 2 aromatic carbocycles. The first kappa shape index (κ1) is 30.3. The summed E-state index contributed by atoms with van der Waals surface area (Å²) in [6, 6.07) is 15.3. The molecule has 2 rings (SSSR count). The first-order valence-electron chi connectivity index (χ1n) is 10.9. The van der Waals surface area contributed by atoms with E-state index in [1.807, 2.05) is 48.5 Å². The molecule has 0 unspecified atom stereocenters. The lowest BCUT2D eigenvalue weighted by molar-refractivity contribution is 1.68. The van der Waals surface area contributed by atoms with Crippen LogP contribution in [0.15, 0.2) is 48.5 Å². The third-order valence-electron chi connectivity index (χ3n) is 4.24. The van der Waals surface area contributed by atoms with E-state index in [9.17, 15) is 0 Å². The van der Waals surface area contributed by atoms with Gasteiger partial charge in [-0.05, 0) is 117 Å². The van der Waals surface area contributed by atoms with Gasteiger partial charge in [0.05, 0.1) is 20.7 Å². The Hall–Kier alpha value is -5.89. The Balaban J connectivity index is 2.73. The minimum atomic E-state index is -1.36. The van der Waals surface area contributed by atoms with Gasteiger partial charge in [0.1, 0.15) is 0 Å². The summed E-state index contributed by atoms with van der Waals surface area (Å²) in [7, 11) is -2.72. The van der Waals surface area contributed by atoms with Gasteiger partial charge in [0, 0.05) is 21.7 Å². The molecule has 0 amide bonds. The van der Waals surface area contributed by atoms with E-state index in [1.54, 1.807) is 0 Å². The minimum Gasteiger partial charge on any atom is -0.106 e. The summed E-state index contributed by atoms with van der Waals surface area (Å²) in [5.74, 6) is 40.5. The molecule has 0 fully saturated rings. The van der Waals surface area contributed by atoms with Gasteiger partial charge in [-0.25, -0.2) is 0 Å². The lowest BCUT2D eigenvalue weighted by atomic mass is 10.0. The van der Waals surface area contributed by atoms with Crippen LogP contribution in [0.4, 0.5) is 0 Å². The van der Waals surface area contributed by atoms with E-state index in [2.05, 4.69) is 117 Å². The molecular weight excluding hydrogens is 538 g/mol. The monoisotopic (exact) mass is 550 g/mol. The predicted octanol–water partition coefficient (Wildman–Crippen LogP) is 4.06. The lowest BCUT2D eigenvalue weighted by Gasteiger charge is -2.16. The van der Waals surface area contributed by atoms with Crippen LogP contribution in [0.1, 0.15) is 11.1 Å². The van der Waals surface area contributed by atoms with Crippen molar-refractivity contribution in [2.45, 2.75) is 0 Å². The summed E-state index contributed by atoms with van der Waals surface area (Å²) in [6.45, 7) is 0. The van der Waals surface area contributed by atoms with E-state index in [4.69, 9.17) is 37.9 Å². The summed E-state index contributed by atoms with van der Waals surface area (Å²) >= 11 is 6.03. The average Bonchev–Trinajstić information content (AvgIpc) is 2.99. The van der Waals surface area contributed by atoms with E-state index in [0.29, 0.717) is 4.86 Å². The van der Waals surface area contributed by atoms with Crippen molar-refractivity contribution >= 4 is 43.5 Å². The van der Waals surface area contributed by atoms with Crippen molar-refractivity contribution in [1.82, 2.24) is 0 Å². The van der Waals surface area contributed by atoms with Crippen LogP contribution in [0.25, 0.3) is 0 Å². The summed E-state index contributed by atoms with van der Waals surface area (Å²) in [4.78, 5) is 0.576. The maximum absolute atomic E-state index is 6.03. The Labute approximate surface area is 245 Å². The predicted molar refractivity (Wildman–Crippen MR) is 174 cm³/mol. The molecule has 176 valence electrons. The number of hydrogen-bond donors (Lipinski definition) is 0. The highest BCUT2D eigenvalue weighted by Gasteiger charge is 2.20. The smallest absolute Gasteiger partial charge is 0.0839 e. The van der Waals surface area contributed by atoms with Crippen LogP contribution >= 0.6 is 28.1 Å². The van der Waals surface area contributed by atoms with Gasteiger partial charge >= 0.3 is 0 Å². The molecule has 0 aliphatic carbocycles. The van der Waals surface area contributed by atoms with Crippen LogP contribution in [0.2, 0.25) is 0 Å². The van der Waals surface area contributed by atoms with Crippen LogP contribution < -0.4 is 10.6 Å². The topological polar surface area (TPSA) is 0 Å². The SMILES string of the molecule is C#CC#CC#CP(C#CC#CC#C)c1ccccc1C(=S)c1ccccc1P(C#CC#CC#C)C#CC#CC#C. The van der Waals surface area contributed by atoms with Crippen molar-refractivity contribution < 1.29 is 0 Å². The zero-order valence-corrected chi connectivity index (χ0v) is 23.3. The highest BCUT2D eigenvalue weighted by atomic mass is 32.1. The normalized spacial score (nSPS) is 7.35. The third-order valence-corrected chi connectivity index (χ3v) is 7.76. The number of rotatable bonds is 4. The molecule has 3 heteroatoms. The molecule has 0 saturated carbocycles.